The van der Waals surface area contributed by atoms with Crippen molar-refractivity contribution in [2.75, 3.05) is 0 Å². The Morgan fingerprint density at radius 3 is 2.50 bits per heavy atom. The van der Waals surface area contributed by atoms with Crippen molar-refractivity contribution < 1.29 is 4.79 Å². The van der Waals surface area contributed by atoms with Gasteiger partial charge in [0.1, 0.15) is 0 Å². The van der Waals surface area contributed by atoms with Gasteiger partial charge in [-0.15, -0.1) is 0 Å². The van der Waals surface area contributed by atoms with E-state index in [2.05, 4.69) is 18.8 Å². The average molecular weight is 187 g/mol. The molecule has 0 aromatic heterocycles. The van der Waals surface area contributed by atoms with Gasteiger partial charge in [-0.25, -0.2) is 0 Å². The van der Waals surface area contributed by atoms with E-state index in [0.29, 0.717) is 17.0 Å². The van der Waals surface area contributed by atoms with Gasteiger partial charge in [-0.3, -0.25) is 9.79 Å². The van der Waals surface area contributed by atoms with Crippen molar-refractivity contribution in [3.05, 3.63) is 43.2 Å². The van der Waals surface area contributed by atoms with Crippen LogP contribution < -0.4 is 0 Å². The minimum Gasteiger partial charge on any atom is -0.294 e. The van der Waals surface area contributed by atoms with Gasteiger partial charge >= 0.3 is 0 Å². The molecule has 72 valence electrons. The first-order valence-corrected chi connectivity index (χ1v) is 4.35. The number of carbonyl (C=O) groups excluding carboxylic acids is 1. The molecule has 0 aliphatic rings. The monoisotopic (exact) mass is 187 g/mol. The lowest BCUT2D eigenvalue weighted by atomic mass is 10.1. The minimum atomic E-state index is -0.214. The quantitative estimate of drug-likeness (QED) is 0.517. The highest BCUT2D eigenvalue weighted by Gasteiger charge is 2.06. The maximum absolute atomic E-state index is 11.2. The van der Waals surface area contributed by atoms with Crippen LogP contribution in [0.3, 0.4) is 0 Å². The molecule has 0 spiro atoms. The second-order valence-electron chi connectivity index (χ2n) is 3.29. The van der Waals surface area contributed by atoms with Gasteiger partial charge in [0, 0.05) is 18.2 Å². The van der Waals surface area contributed by atoms with Gasteiger partial charge in [0.05, 0.1) is 5.69 Å². The summed E-state index contributed by atoms with van der Waals surface area (Å²) in [5, 5.41) is 0. The smallest absolute Gasteiger partial charge is 0.165 e. The predicted molar refractivity (Wildman–Crippen MR) is 59.0 cm³/mol. The number of carbonyl (C=O) groups is 1. The van der Waals surface area contributed by atoms with E-state index in [1.165, 1.54) is 0 Å². The average Bonchev–Trinajstić information content (AvgIpc) is 2.07. The molecule has 0 fully saturated rings. The fourth-order valence-electron chi connectivity index (χ4n) is 1.18. The van der Waals surface area contributed by atoms with Crippen LogP contribution in [-0.2, 0) is 0 Å². The third kappa shape index (κ3) is 2.52. The summed E-state index contributed by atoms with van der Waals surface area (Å²) in [6.07, 6.45) is 0. The van der Waals surface area contributed by atoms with E-state index >= 15 is 0 Å². The van der Waals surface area contributed by atoms with Crippen LogP contribution in [0.15, 0.2) is 23.2 Å². The van der Waals surface area contributed by atoms with E-state index in [1.807, 2.05) is 19.1 Å². The molecule has 2 radical (unpaired) electrons. The Labute approximate surface area is 84.7 Å². The number of aliphatic imine (C=N–C) groups is 1. The highest BCUT2D eigenvalue weighted by atomic mass is 16.1. The first kappa shape index (κ1) is 10.6. The molecular weight excluding hydrogens is 174 g/mol. The van der Waals surface area contributed by atoms with Crippen molar-refractivity contribution in [1.29, 1.82) is 0 Å². The zero-order chi connectivity index (χ0) is 10.7. The number of benzene rings is 1. The molecule has 0 atom stereocenters. The second kappa shape index (κ2) is 4.18. The van der Waals surface area contributed by atoms with Crippen molar-refractivity contribution in [2.24, 2.45) is 4.99 Å². The summed E-state index contributed by atoms with van der Waals surface area (Å²) >= 11 is 0. The molecular formula is C12H13NO. The number of hydrogen-bond donors (Lipinski definition) is 0. The van der Waals surface area contributed by atoms with Gasteiger partial charge in [-0.05, 0) is 32.9 Å². The lowest BCUT2D eigenvalue weighted by Gasteiger charge is -2.03. The fraction of sp³-hybridized carbons (Fsp3) is 0.167. The number of ketones is 1. The van der Waals surface area contributed by atoms with Crippen molar-refractivity contribution in [2.45, 2.75) is 13.8 Å². The maximum atomic E-state index is 11.2. The van der Waals surface area contributed by atoms with Crippen LogP contribution >= 0.6 is 0 Å². The summed E-state index contributed by atoms with van der Waals surface area (Å²) in [5.41, 5.74) is 2.89. The third-order valence-corrected chi connectivity index (χ3v) is 1.76. The number of nitrogens with zero attached hydrogens (tertiary/aromatic N) is 1. The summed E-state index contributed by atoms with van der Waals surface area (Å²) in [6, 6.07) is 5.51. The van der Waals surface area contributed by atoms with Crippen LogP contribution in [0.4, 0.5) is 5.69 Å². The van der Waals surface area contributed by atoms with Gasteiger partial charge in [0.25, 0.3) is 0 Å². The summed E-state index contributed by atoms with van der Waals surface area (Å²) in [7, 11) is 0. The van der Waals surface area contributed by atoms with E-state index in [-0.39, 0.29) is 5.78 Å². The van der Waals surface area contributed by atoms with Crippen LogP contribution in [0.1, 0.15) is 22.8 Å². The standard InChI is InChI=1S/C12H13NO/c1-8(2)13-12-6-5-9(3)7-11(12)10(4)14/h5-7H,1,4H2,2-3H3. The Bertz CT molecular complexity index is 387. The van der Waals surface area contributed by atoms with Crippen LogP contribution in [0, 0.1) is 20.8 Å². The molecule has 0 bridgehead atoms. The van der Waals surface area contributed by atoms with Gasteiger partial charge in [-0.1, -0.05) is 11.6 Å². The lowest BCUT2D eigenvalue weighted by molar-refractivity contribution is 0.104. The van der Waals surface area contributed by atoms with E-state index < -0.39 is 0 Å². The molecule has 0 unspecified atom stereocenters. The largest absolute Gasteiger partial charge is 0.294 e. The molecule has 1 aromatic rings. The fourth-order valence-corrected chi connectivity index (χ4v) is 1.18. The highest BCUT2D eigenvalue weighted by Crippen LogP contribution is 2.21. The Balaban J connectivity index is 3.29. The zero-order valence-corrected chi connectivity index (χ0v) is 8.50. The van der Waals surface area contributed by atoms with Crippen molar-refractivity contribution in [1.82, 2.24) is 0 Å². The van der Waals surface area contributed by atoms with Crippen molar-refractivity contribution in [3.8, 4) is 0 Å². The number of rotatable bonds is 2. The Morgan fingerprint density at radius 1 is 1.36 bits per heavy atom. The predicted octanol–water partition coefficient (Wildman–Crippen LogP) is 2.94. The second-order valence-corrected chi connectivity index (χ2v) is 3.29. The Morgan fingerprint density at radius 2 is 2.00 bits per heavy atom. The van der Waals surface area contributed by atoms with Crippen LogP contribution in [-0.4, -0.2) is 11.5 Å². The normalized spacial score (nSPS) is 11.6. The molecule has 2 heteroatoms. The number of aryl methyl sites for hydroxylation is 1. The molecule has 2 nitrogen and oxygen atoms in total. The zero-order valence-electron chi connectivity index (χ0n) is 8.50. The molecule has 14 heavy (non-hydrogen) atoms. The molecule has 0 saturated heterocycles. The summed E-state index contributed by atoms with van der Waals surface area (Å²) in [5.74, 6) is -0.214. The SMILES string of the molecule is [CH2]C(=O)c1cc(C)ccc1N=C([CH2])C. The summed E-state index contributed by atoms with van der Waals surface area (Å²) in [6.45, 7) is 10.8. The highest BCUT2D eigenvalue weighted by molar-refractivity contribution is 6.04. The summed E-state index contributed by atoms with van der Waals surface area (Å²) < 4.78 is 0. The molecule has 0 N–H and O–H groups in total. The van der Waals surface area contributed by atoms with Gasteiger partial charge in [0.2, 0.25) is 0 Å². The van der Waals surface area contributed by atoms with Crippen LogP contribution in [0.5, 0.6) is 0 Å². The van der Waals surface area contributed by atoms with Crippen molar-refractivity contribution >= 4 is 17.2 Å². The van der Waals surface area contributed by atoms with E-state index in [1.54, 1.807) is 13.0 Å². The van der Waals surface area contributed by atoms with Gasteiger partial charge in [-0.2, -0.15) is 0 Å². The van der Waals surface area contributed by atoms with Crippen LogP contribution in [0.2, 0.25) is 0 Å². The lowest BCUT2D eigenvalue weighted by Crippen LogP contribution is -1.94. The molecule has 1 rings (SSSR count). The number of Topliss-reactive ketones (excluding diaryl/α,β-unsaturated/α-hetero) is 1. The van der Waals surface area contributed by atoms with Gasteiger partial charge < -0.3 is 0 Å². The van der Waals surface area contributed by atoms with Gasteiger partial charge in [0.15, 0.2) is 5.78 Å². The molecule has 1 aromatic carbocycles. The first-order valence-electron chi connectivity index (χ1n) is 4.35. The maximum Gasteiger partial charge on any atom is 0.165 e. The summed E-state index contributed by atoms with van der Waals surface area (Å²) in [4.78, 5) is 15.4. The third-order valence-electron chi connectivity index (χ3n) is 1.76. The first-order chi connectivity index (χ1) is 6.50. The molecule has 0 amide bonds. The Kier molecular flexibility index (Phi) is 3.18. The molecule has 0 heterocycles. The van der Waals surface area contributed by atoms with Crippen LogP contribution in [0.25, 0.3) is 0 Å². The molecule has 0 aliphatic heterocycles. The topological polar surface area (TPSA) is 29.4 Å². The number of hydrogen-bond acceptors (Lipinski definition) is 2. The van der Waals surface area contributed by atoms with Crippen molar-refractivity contribution in [3.63, 3.8) is 0 Å². The molecule has 0 saturated carbocycles. The van der Waals surface area contributed by atoms with E-state index in [9.17, 15) is 4.79 Å². The van der Waals surface area contributed by atoms with E-state index in [4.69, 9.17) is 0 Å². The van der Waals surface area contributed by atoms with E-state index in [0.717, 1.165) is 5.56 Å². The minimum absolute atomic E-state index is 0.214. The molecule has 0 aliphatic carbocycles. The Hall–Kier alpha value is -1.44.